The molecular weight excluding hydrogens is 405 g/mol. The second kappa shape index (κ2) is 7.76. The van der Waals surface area contributed by atoms with E-state index in [0.29, 0.717) is 17.0 Å². The van der Waals surface area contributed by atoms with Gasteiger partial charge in [0.1, 0.15) is 23.4 Å². The maximum Gasteiger partial charge on any atom is 0.300 e. The minimum absolute atomic E-state index is 0.0000387. The Balaban J connectivity index is 1.91. The topological polar surface area (TPSA) is 66.8 Å². The number of rotatable bonds is 4. The Labute approximate surface area is 176 Å². The van der Waals surface area contributed by atoms with E-state index in [1.54, 1.807) is 24.3 Å². The smallest absolute Gasteiger partial charge is 0.300 e. The SMILES string of the molecule is COc1ccc(/C(O)=C2/C(=O)C(=O)N(c3ccc(F)cc3)C2c2sccc2C)cc1. The van der Waals surface area contributed by atoms with Crippen molar-refractivity contribution in [3.8, 4) is 5.75 Å². The lowest BCUT2D eigenvalue weighted by atomic mass is 9.98. The van der Waals surface area contributed by atoms with Crippen LogP contribution in [0.2, 0.25) is 0 Å². The number of methoxy groups -OCH3 is 1. The summed E-state index contributed by atoms with van der Waals surface area (Å²) in [6.45, 7) is 1.88. The molecule has 1 saturated heterocycles. The lowest BCUT2D eigenvalue weighted by Crippen LogP contribution is -2.29. The molecular formula is C23H18FNO4S. The number of carbonyl (C=O) groups is 2. The highest BCUT2D eigenvalue weighted by Gasteiger charge is 2.47. The van der Waals surface area contributed by atoms with Gasteiger partial charge in [0, 0.05) is 16.1 Å². The fourth-order valence-corrected chi connectivity index (χ4v) is 4.54. The molecule has 1 N–H and O–H groups in total. The first-order valence-electron chi connectivity index (χ1n) is 9.17. The highest BCUT2D eigenvalue weighted by atomic mass is 32.1. The van der Waals surface area contributed by atoms with Crippen molar-refractivity contribution in [3.05, 3.63) is 87.4 Å². The lowest BCUT2D eigenvalue weighted by molar-refractivity contribution is -0.132. The van der Waals surface area contributed by atoms with Crippen LogP contribution >= 0.6 is 11.3 Å². The molecule has 1 unspecified atom stereocenters. The van der Waals surface area contributed by atoms with Gasteiger partial charge in [-0.05, 0) is 72.5 Å². The van der Waals surface area contributed by atoms with Crippen LogP contribution in [-0.4, -0.2) is 23.9 Å². The highest BCUT2D eigenvalue weighted by Crippen LogP contribution is 2.44. The van der Waals surface area contributed by atoms with Crippen molar-refractivity contribution in [1.29, 1.82) is 0 Å². The summed E-state index contributed by atoms with van der Waals surface area (Å²) < 4.78 is 18.6. The molecule has 5 nitrogen and oxygen atoms in total. The number of nitrogens with zero attached hydrogens (tertiary/aromatic N) is 1. The van der Waals surface area contributed by atoms with Crippen LogP contribution in [0.4, 0.5) is 10.1 Å². The highest BCUT2D eigenvalue weighted by molar-refractivity contribution is 7.10. The van der Waals surface area contributed by atoms with Gasteiger partial charge in [-0.25, -0.2) is 4.39 Å². The fourth-order valence-electron chi connectivity index (χ4n) is 3.52. The van der Waals surface area contributed by atoms with Gasteiger partial charge in [-0.1, -0.05) is 0 Å². The van der Waals surface area contributed by atoms with Crippen LogP contribution in [0.1, 0.15) is 22.0 Å². The molecule has 1 aromatic heterocycles. The molecule has 2 aromatic carbocycles. The lowest BCUT2D eigenvalue weighted by Gasteiger charge is -2.25. The third-order valence-corrected chi connectivity index (χ3v) is 6.13. The number of benzene rings is 2. The predicted molar refractivity (Wildman–Crippen MR) is 113 cm³/mol. The average molecular weight is 423 g/mol. The Morgan fingerprint density at radius 3 is 2.30 bits per heavy atom. The maximum atomic E-state index is 13.4. The zero-order valence-electron chi connectivity index (χ0n) is 16.3. The first-order valence-corrected chi connectivity index (χ1v) is 10.1. The molecule has 1 aliphatic rings. The minimum Gasteiger partial charge on any atom is -0.507 e. The number of aliphatic hydroxyl groups is 1. The summed E-state index contributed by atoms with van der Waals surface area (Å²) in [5.74, 6) is -1.67. The average Bonchev–Trinajstić information content (AvgIpc) is 3.29. The molecule has 1 atom stereocenters. The third kappa shape index (κ3) is 3.27. The molecule has 0 aliphatic carbocycles. The van der Waals surface area contributed by atoms with Gasteiger partial charge in [-0.15, -0.1) is 11.3 Å². The van der Waals surface area contributed by atoms with E-state index in [0.717, 1.165) is 10.4 Å². The van der Waals surface area contributed by atoms with E-state index in [9.17, 15) is 19.1 Å². The first kappa shape index (κ1) is 19.8. The van der Waals surface area contributed by atoms with Gasteiger partial charge in [0.15, 0.2) is 0 Å². The van der Waals surface area contributed by atoms with Gasteiger partial charge in [0.2, 0.25) is 0 Å². The quantitative estimate of drug-likeness (QED) is 0.371. The molecule has 7 heteroatoms. The van der Waals surface area contributed by atoms with Crippen LogP contribution in [-0.2, 0) is 9.59 Å². The number of thiophene rings is 1. The second-order valence-electron chi connectivity index (χ2n) is 6.84. The van der Waals surface area contributed by atoms with E-state index in [1.807, 2.05) is 18.4 Å². The Kier molecular flexibility index (Phi) is 5.13. The van der Waals surface area contributed by atoms with Crippen molar-refractivity contribution < 1.29 is 23.8 Å². The number of hydrogen-bond acceptors (Lipinski definition) is 5. The van der Waals surface area contributed by atoms with Crippen molar-refractivity contribution in [3.63, 3.8) is 0 Å². The molecule has 30 heavy (non-hydrogen) atoms. The molecule has 4 rings (SSSR count). The number of ether oxygens (including phenoxy) is 1. The molecule has 2 heterocycles. The number of anilines is 1. The molecule has 0 saturated carbocycles. The van der Waals surface area contributed by atoms with E-state index in [-0.39, 0.29) is 11.3 Å². The van der Waals surface area contributed by atoms with Crippen LogP contribution in [0.15, 0.2) is 65.6 Å². The van der Waals surface area contributed by atoms with E-state index < -0.39 is 23.5 Å². The van der Waals surface area contributed by atoms with Gasteiger partial charge in [0.25, 0.3) is 11.7 Å². The van der Waals surface area contributed by atoms with Crippen molar-refractivity contribution in [2.75, 3.05) is 12.0 Å². The number of halogens is 1. The molecule has 0 spiro atoms. The zero-order valence-corrected chi connectivity index (χ0v) is 17.1. The Bertz CT molecular complexity index is 1150. The standard InChI is InChI=1S/C23H18FNO4S/c1-13-11-12-30-22(13)19-18(20(26)14-3-9-17(29-2)10-4-14)21(27)23(28)25(19)16-7-5-15(24)6-8-16/h3-12,19,26H,1-2H3/b20-18-. The van der Waals surface area contributed by atoms with E-state index >= 15 is 0 Å². The van der Waals surface area contributed by atoms with Gasteiger partial charge in [-0.3, -0.25) is 14.5 Å². The van der Waals surface area contributed by atoms with E-state index in [1.165, 1.54) is 47.6 Å². The van der Waals surface area contributed by atoms with Crippen LogP contribution in [0.5, 0.6) is 5.75 Å². The molecule has 1 amide bonds. The van der Waals surface area contributed by atoms with Gasteiger partial charge >= 0.3 is 0 Å². The zero-order chi connectivity index (χ0) is 21.4. The Hall–Kier alpha value is -3.45. The minimum atomic E-state index is -0.808. The van der Waals surface area contributed by atoms with Crippen molar-refractivity contribution in [1.82, 2.24) is 0 Å². The van der Waals surface area contributed by atoms with Crippen LogP contribution < -0.4 is 9.64 Å². The van der Waals surface area contributed by atoms with Crippen LogP contribution in [0.25, 0.3) is 5.76 Å². The molecule has 0 bridgehead atoms. The summed E-state index contributed by atoms with van der Waals surface area (Å²) in [7, 11) is 1.53. The Morgan fingerprint density at radius 2 is 1.73 bits per heavy atom. The third-order valence-electron chi connectivity index (χ3n) is 5.06. The van der Waals surface area contributed by atoms with Crippen molar-refractivity contribution in [2.24, 2.45) is 0 Å². The number of hydrogen-bond donors (Lipinski definition) is 1. The molecule has 0 radical (unpaired) electrons. The largest absolute Gasteiger partial charge is 0.507 e. The number of ketones is 1. The normalized spacial score (nSPS) is 18.1. The summed E-state index contributed by atoms with van der Waals surface area (Å²) >= 11 is 1.39. The molecule has 3 aromatic rings. The number of amides is 1. The summed E-state index contributed by atoms with van der Waals surface area (Å²) in [4.78, 5) is 28.1. The van der Waals surface area contributed by atoms with Gasteiger partial charge < -0.3 is 9.84 Å². The summed E-state index contributed by atoms with van der Waals surface area (Å²) in [5.41, 5.74) is 1.66. The van der Waals surface area contributed by atoms with E-state index in [4.69, 9.17) is 4.74 Å². The Morgan fingerprint density at radius 1 is 1.07 bits per heavy atom. The summed E-state index contributed by atoms with van der Waals surface area (Å²) in [5, 5.41) is 12.9. The summed E-state index contributed by atoms with van der Waals surface area (Å²) in [6.07, 6.45) is 0. The van der Waals surface area contributed by atoms with Crippen molar-refractivity contribution >= 4 is 34.5 Å². The maximum absolute atomic E-state index is 13.4. The number of carbonyl (C=O) groups excluding carboxylic acids is 2. The van der Waals surface area contributed by atoms with Gasteiger partial charge in [-0.2, -0.15) is 0 Å². The van der Waals surface area contributed by atoms with E-state index in [2.05, 4.69) is 0 Å². The summed E-state index contributed by atoms with van der Waals surface area (Å²) in [6, 6.07) is 13.0. The molecule has 1 fully saturated rings. The van der Waals surface area contributed by atoms with Crippen LogP contribution in [0.3, 0.4) is 0 Å². The fraction of sp³-hybridized carbons (Fsp3) is 0.130. The number of Topliss-reactive ketones (excluding diaryl/α,β-unsaturated/α-hetero) is 1. The first-order chi connectivity index (χ1) is 14.4. The molecule has 152 valence electrons. The van der Waals surface area contributed by atoms with Gasteiger partial charge in [0.05, 0.1) is 12.7 Å². The number of aryl methyl sites for hydroxylation is 1. The van der Waals surface area contributed by atoms with Crippen LogP contribution in [0, 0.1) is 12.7 Å². The monoisotopic (exact) mass is 423 g/mol. The molecule has 1 aliphatic heterocycles. The number of aliphatic hydroxyl groups excluding tert-OH is 1. The van der Waals surface area contributed by atoms with Crippen molar-refractivity contribution in [2.45, 2.75) is 13.0 Å². The second-order valence-corrected chi connectivity index (χ2v) is 7.79. The predicted octanol–water partition coefficient (Wildman–Crippen LogP) is 4.83.